The smallest absolute Gasteiger partial charge is 0.207 e. The Balaban J connectivity index is 3.20. The van der Waals surface area contributed by atoms with E-state index in [1.165, 1.54) is 0 Å². The van der Waals surface area contributed by atoms with E-state index in [2.05, 4.69) is 26.6 Å². The van der Waals surface area contributed by atoms with E-state index in [4.69, 9.17) is 6.42 Å². The number of hydrogen-bond acceptors (Lipinski definition) is 2. The molecule has 0 amide bonds. The van der Waals surface area contributed by atoms with Gasteiger partial charge in [0.15, 0.2) is 0 Å². The first-order valence-corrected chi connectivity index (χ1v) is 7.23. The van der Waals surface area contributed by atoms with Crippen LogP contribution in [0, 0.1) is 19.3 Å². The maximum Gasteiger partial charge on any atom is 0.242 e. The third kappa shape index (κ3) is 3.56. The zero-order chi connectivity index (χ0) is 13.3. The Labute approximate surface area is 111 Å². The summed E-state index contributed by atoms with van der Waals surface area (Å²) in [5, 5.41) is 0. The Morgan fingerprint density at radius 1 is 1.41 bits per heavy atom. The van der Waals surface area contributed by atoms with Crippen LogP contribution in [0.4, 0.5) is 0 Å². The van der Waals surface area contributed by atoms with Gasteiger partial charge >= 0.3 is 0 Å². The maximum absolute atomic E-state index is 12.1. The average molecular weight is 316 g/mol. The molecule has 0 radical (unpaired) electrons. The van der Waals surface area contributed by atoms with Crippen molar-refractivity contribution >= 4 is 26.0 Å². The highest BCUT2D eigenvalue weighted by molar-refractivity contribution is 9.10. The molecule has 0 aliphatic rings. The minimum Gasteiger partial charge on any atom is -0.207 e. The second-order valence-corrected chi connectivity index (χ2v) is 6.81. The highest BCUT2D eigenvalue weighted by atomic mass is 79.9. The molecular weight excluding hydrogens is 302 g/mol. The fourth-order valence-electron chi connectivity index (χ4n) is 1.24. The summed E-state index contributed by atoms with van der Waals surface area (Å²) in [6.07, 6.45) is 5.27. The maximum atomic E-state index is 12.1. The molecule has 1 rings (SSSR count). The molecule has 0 unspecified atom stereocenters. The van der Waals surface area contributed by atoms with Crippen LogP contribution in [-0.4, -0.2) is 14.0 Å². The minimum absolute atomic E-state index is 0.187. The van der Waals surface area contributed by atoms with Crippen LogP contribution in [0.15, 0.2) is 27.6 Å². The summed E-state index contributed by atoms with van der Waals surface area (Å²) in [7, 11) is -3.62. The normalized spacial score (nSPS) is 12.2. The predicted octanol–water partition coefficient (Wildman–Crippen LogP) is 2.45. The van der Waals surface area contributed by atoms with Gasteiger partial charge in [-0.15, -0.1) is 6.42 Å². The molecule has 0 bridgehead atoms. The molecule has 1 N–H and O–H groups in total. The van der Waals surface area contributed by atoms with Crippen molar-refractivity contribution in [1.82, 2.24) is 4.72 Å². The van der Waals surface area contributed by atoms with Gasteiger partial charge in [-0.2, -0.15) is 4.72 Å². The summed E-state index contributed by atoms with van der Waals surface area (Å²) in [5.41, 5.74) is 0.0652. The third-order valence-electron chi connectivity index (χ3n) is 2.13. The molecule has 0 heterocycles. The Morgan fingerprint density at radius 2 is 2.00 bits per heavy atom. The summed E-state index contributed by atoms with van der Waals surface area (Å²) in [6.45, 7) is 5.15. The number of terminal acetylenes is 1. The molecule has 1 aromatic carbocycles. The molecule has 0 atom stereocenters. The van der Waals surface area contributed by atoms with Crippen molar-refractivity contribution in [3.8, 4) is 12.3 Å². The van der Waals surface area contributed by atoms with E-state index in [1.54, 1.807) is 32.0 Å². The standard InChI is InChI=1S/C12H14BrNO2S/c1-5-12(3,4)14-17(15,16)11-7-6-9(2)8-10(11)13/h1,6-8,14H,2-4H3. The lowest BCUT2D eigenvalue weighted by Crippen LogP contribution is -2.42. The van der Waals surface area contributed by atoms with E-state index in [9.17, 15) is 8.42 Å². The lowest BCUT2D eigenvalue weighted by atomic mass is 10.1. The van der Waals surface area contributed by atoms with Crippen molar-refractivity contribution in [2.45, 2.75) is 31.2 Å². The van der Waals surface area contributed by atoms with Crippen LogP contribution >= 0.6 is 15.9 Å². The lowest BCUT2D eigenvalue weighted by molar-refractivity contribution is 0.538. The Bertz CT molecular complexity index is 571. The zero-order valence-electron chi connectivity index (χ0n) is 9.91. The first-order valence-electron chi connectivity index (χ1n) is 4.96. The summed E-state index contributed by atoms with van der Waals surface area (Å²) in [4.78, 5) is 0.187. The number of aryl methyl sites for hydroxylation is 1. The molecule has 0 spiro atoms. The van der Waals surface area contributed by atoms with Gasteiger partial charge in [-0.05, 0) is 54.4 Å². The summed E-state index contributed by atoms with van der Waals surface area (Å²) < 4.78 is 27.2. The van der Waals surface area contributed by atoms with Crippen LogP contribution in [0.5, 0.6) is 0 Å². The number of halogens is 1. The van der Waals surface area contributed by atoms with Crippen molar-refractivity contribution in [2.24, 2.45) is 0 Å². The molecule has 92 valence electrons. The average Bonchev–Trinajstić information content (AvgIpc) is 2.15. The van der Waals surface area contributed by atoms with E-state index >= 15 is 0 Å². The lowest BCUT2D eigenvalue weighted by Gasteiger charge is -2.20. The van der Waals surface area contributed by atoms with Crippen molar-refractivity contribution in [1.29, 1.82) is 0 Å². The van der Waals surface area contributed by atoms with Gasteiger partial charge in [0, 0.05) is 4.47 Å². The molecule has 0 saturated heterocycles. The van der Waals surface area contributed by atoms with Crippen LogP contribution in [0.2, 0.25) is 0 Å². The number of sulfonamides is 1. The van der Waals surface area contributed by atoms with E-state index in [0.717, 1.165) is 5.56 Å². The summed E-state index contributed by atoms with van der Waals surface area (Å²) in [6, 6.07) is 5.04. The van der Waals surface area contributed by atoms with Crippen molar-refractivity contribution in [3.63, 3.8) is 0 Å². The Hall–Kier alpha value is -0.830. The fraction of sp³-hybridized carbons (Fsp3) is 0.333. The number of rotatable bonds is 3. The Kier molecular flexibility index (Phi) is 4.03. The monoisotopic (exact) mass is 315 g/mol. The fourth-order valence-corrected chi connectivity index (χ4v) is 3.78. The third-order valence-corrected chi connectivity index (χ3v) is 4.76. The van der Waals surface area contributed by atoms with Crippen LogP contribution in [0.3, 0.4) is 0 Å². The molecule has 0 fully saturated rings. The van der Waals surface area contributed by atoms with Gasteiger partial charge in [-0.25, -0.2) is 8.42 Å². The molecule has 17 heavy (non-hydrogen) atoms. The summed E-state index contributed by atoms with van der Waals surface area (Å²) >= 11 is 3.24. The molecule has 0 saturated carbocycles. The predicted molar refractivity (Wildman–Crippen MR) is 72.1 cm³/mol. The van der Waals surface area contributed by atoms with Crippen LogP contribution in [0.1, 0.15) is 19.4 Å². The topological polar surface area (TPSA) is 46.2 Å². The van der Waals surface area contributed by atoms with Gasteiger partial charge in [0.1, 0.15) is 0 Å². The molecule has 0 aliphatic carbocycles. The Morgan fingerprint density at radius 3 is 2.47 bits per heavy atom. The first-order chi connectivity index (χ1) is 7.68. The molecule has 1 aromatic rings. The van der Waals surface area contributed by atoms with Crippen molar-refractivity contribution in [3.05, 3.63) is 28.2 Å². The van der Waals surface area contributed by atoms with Crippen LogP contribution in [-0.2, 0) is 10.0 Å². The number of nitrogens with one attached hydrogen (secondary N) is 1. The quantitative estimate of drug-likeness (QED) is 0.871. The van der Waals surface area contributed by atoms with Gasteiger partial charge in [0.05, 0.1) is 10.4 Å². The van der Waals surface area contributed by atoms with Crippen LogP contribution < -0.4 is 4.72 Å². The van der Waals surface area contributed by atoms with E-state index in [0.29, 0.717) is 4.47 Å². The van der Waals surface area contributed by atoms with E-state index in [1.807, 2.05) is 6.92 Å². The van der Waals surface area contributed by atoms with Gasteiger partial charge in [0.25, 0.3) is 0 Å². The van der Waals surface area contributed by atoms with Crippen molar-refractivity contribution < 1.29 is 8.42 Å². The number of hydrogen-bond donors (Lipinski definition) is 1. The zero-order valence-corrected chi connectivity index (χ0v) is 12.3. The van der Waals surface area contributed by atoms with Gasteiger partial charge in [-0.3, -0.25) is 0 Å². The largest absolute Gasteiger partial charge is 0.242 e. The molecular formula is C12H14BrNO2S. The highest BCUT2D eigenvalue weighted by Gasteiger charge is 2.25. The molecule has 0 aliphatic heterocycles. The van der Waals surface area contributed by atoms with E-state index in [-0.39, 0.29) is 4.90 Å². The first kappa shape index (κ1) is 14.2. The second kappa shape index (κ2) is 4.81. The molecule has 3 nitrogen and oxygen atoms in total. The van der Waals surface area contributed by atoms with Gasteiger partial charge in [-0.1, -0.05) is 12.0 Å². The summed E-state index contributed by atoms with van der Waals surface area (Å²) in [5.74, 6) is 2.39. The van der Waals surface area contributed by atoms with E-state index < -0.39 is 15.6 Å². The highest BCUT2D eigenvalue weighted by Crippen LogP contribution is 2.23. The number of benzene rings is 1. The van der Waals surface area contributed by atoms with Gasteiger partial charge in [0.2, 0.25) is 10.0 Å². The second-order valence-electron chi connectivity index (χ2n) is 4.31. The SMILES string of the molecule is C#CC(C)(C)NS(=O)(=O)c1ccc(C)cc1Br. The van der Waals surface area contributed by atoms with Crippen LogP contribution in [0.25, 0.3) is 0 Å². The van der Waals surface area contributed by atoms with Crippen molar-refractivity contribution in [2.75, 3.05) is 0 Å². The molecule has 0 aromatic heterocycles. The minimum atomic E-state index is -3.62. The van der Waals surface area contributed by atoms with Gasteiger partial charge < -0.3 is 0 Å². The molecule has 5 heteroatoms.